The Balaban J connectivity index is 1.61. The van der Waals surface area contributed by atoms with Gasteiger partial charge in [-0.1, -0.05) is 42.5 Å². The van der Waals surface area contributed by atoms with E-state index in [0.29, 0.717) is 19.4 Å². The van der Waals surface area contributed by atoms with E-state index in [1.54, 1.807) is 11.8 Å². The predicted molar refractivity (Wildman–Crippen MR) is 110 cm³/mol. The number of benzene rings is 2. The molecule has 1 aliphatic heterocycles. The van der Waals surface area contributed by atoms with E-state index in [1.807, 2.05) is 48.5 Å². The highest BCUT2D eigenvalue weighted by Gasteiger charge is 2.24. The van der Waals surface area contributed by atoms with E-state index < -0.39 is 12.1 Å². The number of fused-ring (bicyclic) bond motifs is 1. The number of amides is 1. The van der Waals surface area contributed by atoms with Gasteiger partial charge in [-0.25, -0.2) is 9.59 Å². The molecule has 2 aromatic carbocycles. The molecule has 1 aliphatic rings. The van der Waals surface area contributed by atoms with Crippen LogP contribution in [-0.2, 0) is 33.7 Å². The van der Waals surface area contributed by atoms with E-state index in [-0.39, 0.29) is 19.3 Å². The number of carbonyl (C=O) groups is 2. The molecule has 29 heavy (non-hydrogen) atoms. The summed E-state index contributed by atoms with van der Waals surface area (Å²) in [5.74, 6) is -0.585. The highest BCUT2D eigenvalue weighted by Crippen LogP contribution is 2.29. The first-order chi connectivity index (χ1) is 14.1. The lowest BCUT2D eigenvalue weighted by Crippen LogP contribution is -2.35. The molecule has 1 amide bonds. The Bertz CT molecular complexity index is 836. The van der Waals surface area contributed by atoms with Crippen molar-refractivity contribution >= 4 is 17.7 Å². The van der Waals surface area contributed by atoms with E-state index in [2.05, 4.69) is 0 Å². The van der Waals surface area contributed by atoms with Gasteiger partial charge in [0.15, 0.2) is 6.10 Å². The molecule has 0 aromatic heterocycles. The summed E-state index contributed by atoms with van der Waals surface area (Å²) < 4.78 is 10.3. The molecule has 3 rings (SSSR count). The van der Waals surface area contributed by atoms with Gasteiger partial charge in [-0.05, 0) is 55.4 Å². The van der Waals surface area contributed by atoms with E-state index >= 15 is 0 Å². The minimum atomic E-state index is -1.12. The molecular formula is C23H27NO5. The molecule has 0 spiro atoms. The first-order valence-electron chi connectivity index (χ1n) is 10.0. The van der Waals surface area contributed by atoms with Crippen molar-refractivity contribution in [1.82, 2.24) is 0 Å². The van der Waals surface area contributed by atoms with Crippen LogP contribution in [0.4, 0.5) is 10.5 Å². The lowest BCUT2D eigenvalue weighted by atomic mass is 9.97. The van der Waals surface area contributed by atoms with Crippen LogP contribution in [0.1, 0.15) is 36.5 Å². The van der Waals surface area contributed by atoms with Crippen LogP contribution < -0.4 is 4.90 Å². The Kier molecular flexibility index (Phi) is 7.25. The van der Waals surface area contributed by atoms with Crippen LogP contribution >= 0.6 is 0 Å². The summed E-state index contributed by atoms with van der Waals surface area (Å²) in [6.07, 6.45) is 1.15. The quantitative estimate of drug-likeness (QED) is 0.722. The van der Waals surface area contributed by atoms with Crippen LogP contribution in [0.5, 0.6) is 0 Å². The second-order valence-corrected chi connectivity index (χ2v) is 7.06. The fraction of sp³-hybridized carbons (Fsp3) is 0.391. The monoisotopic (exact) mass is 397 g/mol. The molecule has 1 atom stereocenters. The third kappa shape index (κ3) is 5.57. The number of hydrogen-bond donors (Lipinski definition) is 1. The second-order valence-electron chi connectivity index (χ2n) is 7.06. The lowest BCUT2D eigenvalue weighted by molar-refractivity contribution is -0.153. The first kappa shape index (κ1) is 20.9. The van der Waals surface area contributed by atoms with Crippen molar-refractivity contribution < 1.29 is 24.2 Å². The summed E-state index contributed by atoms with van der Waals surface area (Å²) in [5, 5.41) is 9.87. The Labute approximate surface area is 171 Å². The van der Waals surface area contributed by atoms with Crippen LogP contribution in [0, 0.1) is 0 Å². The molecule has 1 heterocycles. The van der Waals surface area contributed by atoms with Crippen LogP contribution in [0.2, 0.25) is 0 Å². The molecule has 0 fully saturated rings. The van der Waals surface area contributed by atoms with Crippen molar-refractivity contribution in [2.75, 3.05) is 18.1 Å². The minimum absolute atomic E-state index is 0.245. The van der Waals surface area contributed by atoms with E-state index in [0.717, 1.165) is 35.2 Å². The third-order valence-corrected chi connectivity index (χ3v) is 4.95. The largest absolute Gasteiger partial charge is 0.464 e. The molecule has 1 N–H and O–H groups in total. The van der Waals surface area contributed by atoms with Crippen LogP contribution in [0.25, 0.3) is 0 Å². The van der Waals surface area contributed by atoms with Crippen LogP contribution in [-0.4, -0.2) is 36.4 Å². The van der Waals surface area contributed by atoms with Gasteiger partial charge in [-0.15, -0.1) is 0 Å². The number of aryl methyl sites for hydroxylation is 2. The van der Waals surface area contributed by atoms with Gasteiger partial charge in [0.1, 0.15) is 6.61 Å². The predicted octanol–water partition coefficient (Wildman–Crippen LogP) is 3.63. The topological polar surface area (TPSA) is 76.1 Å². The normalized spacial score (nSPS) is 14.1. The van der Waals surface area contributed by atoms with Crippen molar-refractivity contribution in [2.24, 2.45) is 0 Å². The summed E-state index contributed by atoms with van der Waals surface area (Å²) in [6.45, 7) is 2.84. The third-order valence-electron chi connectivity index (χ3n) is 4.95. The smallest absolute Gasteiger partial charge is 0.414 e. The van der Waals surface area contributed by atoms with Crippen molar-refractivity contribution in [3.63, 3.8) is 0 Å². The van der Waals surface area contributed by atoms with Gasteiger partial charge in [-0.2, -0.15) is 0 Å². The molecule has 6 nitrogen and oxygen atoms in total. The molecule has 154 valence electrons. The molecule has 0 bridgehead atoms. The van der Waals surface area contributed by atoms with E-state index in [4.69, 9.17) is 9.47 Å². The molecule has 1 unspecified atom stereocenters. The number of ether oxygens (including phenoxy) is 2. The summed E-state index contributed by atoms with van der Waals surface area (Å²) >= 11 is 0. The van der Waals surface area contributed by atoms with E-state index in [1.165, 1.54) is 0 Å². The summed E-state index contributed by atoms with van der Waals surface area (Å²) in [7, 11) is 0. The Morgan fingerprint density at radius 3 is 2.66 bits per heavy atom. The average Bonchev–Trinajstić information content (AvgIpc) is 2.76. The molecule has 0 saturated carbocycles. The fourth-order valence-electron chi connectivity index (χ4n) is 3.45. The standard InChI is InChI=1S/C23H27NO5/c1-2-28-22(26)21(25)13-11-17-10-12-20-19(15-17)9-6-14-24(20)23(27)29-16-18-7-4-3-5-8-18/h3-5,7-8,10,12,15,21,25H,2,6,9,11,13-14,16H2,1H3. The Morgan fingerprint density at radius 2 is 1.90 bits per heavy atom. The first-order valence-corrected chi connectivity index (χ1v) is 10.0. The molecule has 0 radical (unpaired) electrons. The van der Waals surface area contributed by atoms with Crippen molar-refractivity contribution in [1.29, 1.82) is 0 Å². The summed E-state index contributed by atoms with van der Waals surface area (Å²) in [6, 6.07) is 15.5. The highest BCUT2D eigenvalue weighted by atomic mass is 16.6. The number of carbonyl (C=O) groups excluding carboxylic acids is 2. The zero-order chi connectivity index (χ0) is 20.6. The Hall–Kier alpha value is -2.86. The van der Waals surface area contributed by atoms with E-state index in [9.17, 15) is 14.7 Å². The van der Waals surface area contributed by atoms with Gasteiger partial charge in [0.2, 0.25) is 0 Å². The van der Waals surface area contributed by atoms with Gasteiger partial charge in [0, 0.05) is 6.54 Å². The highest BCUT2D eigenvalue weighted by molar-refractivity contribution is 5.89. The maximum absolute atomic E-state index is 12.6. The second kappa shape index (κ2) is 10.1. The zero-order valence-corrected chi connectivity index (χ0v) is 16.7. The van der Waals surface area contributed by atoms with Crippen molar-refractivity contribution in [3.8, 4) is 0 Å². The number of esters is 1. The number of hydrogen-bond acceptors (Lipinski definition) is 5. The minimum Gasteiger partial charge on any atom is -0.464 e. The van der Waals surface area contributed by atoms with Gasteiger partial charge in [0.05, 0.1) is 12.3 Å². The molecule has 6 heteroatoms. The van der Waals surface area contributed by atoms with Gasteiger partial charge < -0.3 is 14.6 Å². The summed E-state index contributed by atoms with van der Waals surface area (Å²) in [5.41, 5.74) is 3.92. The van der Waals surface area contributed by atoms with Crippen molar-refractivity contribution in [3.05, 3.63) is 65.2 Å². The Morgan fingerprint density at radius 1 is 1.10 bits per heavy atom. The van der Waals surface area contributed by atoms with Gasteiger partial charge in [-0.3, -0.25) is 4.90 Å². The average molecular weight is 397 g/mol. The maximum atomic E-state index is 12.6. The maximum Gasteiger partial charge on any atom is 0.414 e. The fourth-order valence-corrected chi connectivity index (χ4v) is 3.45. The van der Waals surface area contributed by atoms with Gasteiger partial charge in [0.25, 0.3) is 0 Å². The SMILES string of the molecule is CCOC(=O)C(O)CCc1ccc2c(c1)CCCN2C(=O)OCc1ccccc1. The van der Waals surface area contributed by atoms with Gasteiger partial charge >= 0.3 is 12.1 Å². The molecule has 0 aliphatic carbocycles. The molecule has 2 aromatic rings. The number of rotatable bonds is 7. The number of anilines is 1. The van der Waals surface area contributed by atoms with Crippen LogP contribution in [0.15, 0.2) is 48.5 Å². The molecule has 0 saturated heterocycles. The van der Waals surface area contributed by atoms with Crippen LogP contribution in [0.3, 0.4) is 0 Å². The number of aliphatic hydroxyl groups excluding tert-OH is 1. The molecular weight excluding hydrogens is 370 g/mol. The number of nitrogens with zero attached hydrogens (tertiary/aromatic N) is 1. The van der Waals surface area contributed by atoms with Crippen molar-refractivity contribution in [2.45, 2.75) is 45.3 Å². The zero-order valence-electron chi connectivity index (χ0n) is 16.7. The number of aliphatic hydroxyl groups is 1. The summed E-state index contributed by atoms with van der Waals surface area (Å²) in [4.78, 5) is 25.8. The lowest BCUT2D eigenvalue weighted by Gasteiger charge is -2.29.